The minimum Gasteiger partial charge on any atom is -0.399 e. The molecule has 1 aromatic rings. The molecule has 3 N–H and O–H groups in total. The molecule has 156 valence electrons. The average Bonchev–Trinajstić information content (AvgIpc) is 2.65. The molecule has 0 aromatic heterocycles. The van der Waals surface area contributed by atoms with Crippen LogP contribution in [0.2, 0.25) is 0 Å². The molecule has 0 bridgehead atoms. The number of halogens is 1. The van der Waals surface area contributed by atoms with Crippen molar-refractivity contribution in [1.82, 2.24) is 0 Å². The number of hydrogen-bond donors (Lipinski definition) is 2. The standard InChI is InChI=1S/C19H25FN2S.C5H12/c1-6-8-9-16(14(4)15(5)21)19(7-2)23-22-18-11-10-13(3)12-17(18)20;1-4-5(2)3/h7,10-12,22H,2,4-6,8-9,21H2,1,3H3;5H,4H2,1-3H3/b19-16-;. The fourth-order valence-electron chi connectivity index (χ4n) is 2.01. The number of aryl methyl sites for hydroxylation is 1. The molecule has 0 aliphatic heterocycles. The largest absolute Gasteiger partial charge is 0.399 e. The van der Waals surface area contributed by atoms with Gasteiger partial charge in [0.1, 0.15) is 5.82 Å². The lowest BCUT2D eigenvalue weighted by molar-refractivity contribution is 0.626. The van der Waals surface area contributed by atoms with E-state index in [1.807, 2.05) is 13.0 Å². The average molecular weight is 405 g/mol. The van der Waals surface area contributed by atoms with Crippen molar-refractivity contribution in [2.45, 2.75) is 60.3 Å². The van der Waals surface area contributed by atoms with Crippen molar-refractivity contribution in [1.29, 1.82) is 0 Å². The summed E-state index contributed by atoms with van der Waals surface area (Å²) >= 11 is 1.31. The number of allylic oxidation sites excluding steroid dienone is 2. The molecule has 2 nitrogen and oxygen atoms in total. The van der Waals surface area contributed by atoms with Gasteiger partial charge >= 0.3 is 0 Å². The van der Waals surface area contributed by atoms with E-state index in [2.05, 4.69) is 52.2 Å². The van der Waals surface area contributed by atoms with E-state index < -0.39 is 0 Å². The van der Waals surface area contributed by atoms with Crippen LogP contribution in [0.5, 0.6) is 0 Å². The fraction of sp³-hybridized carbons (Fsp3) is 0.417. The number of nitrogens with one attached hydrogen (secondary N) is 1. The molecule has 1 rings (SSSR count). The van der Waals surface area contributed by atoms with Gasteiger partial charge in [-0.15, -0.1) is 0 Å². The maximum Gasteiger partial charge on any atom is 0.147 e. The third kappa shape index (κ3) is 9.84. The number of rotatable bonds is 10. The molecule has 0 saturated heterocycles. The van der Waals surface area contributed by atoms with Gasteiger partial charge in [-0.25, -0.2) is 4.39 Å². The first-order chi connectivity index (χ1) is 13.2. The third-order valence-electron chi connectivity index (χ3n) is 4.23. The zero-order valence-corrected chi connectivity index (χ0v) is 19.0. The summed E-state index contributed by atoms with van der Waals surface area (Å²) in [6.07, 6.45) is 5.95. The fourth-order valence-corrected chi connectivity index (χ4v) is 2.83. The van der Waals surface area contributed by atoms with Gasteiger partial charge in [0.2, 0.25) is 0 Å². The molecule has 0 atom stereocenters. The van der Waals surface area contributed by atoms with Crippen molar-refractivity contribution in [3.8, 4) is 0 Å². The number of anilines is 1. The van der Waals surface area contributed by atoms with Crippen LogP contribution in [0.15, 0.2) is 65.8 Å². The first kappa shape index (κ1) is 26.1. The lowest BCUT2D eigenvalue weighted by Gasteiger charge is -2.16. The van der Waals surface area contributed by atoms with Crippen LogP contribution in [0.3, 0.4) is 0 Å². The van der Waals surface area contributed by atoms with Crippen LogP contribution in [-0.2, 0) is 0 Å². The molecule has 0 saturated carbocycles. The first-order valence-corrected chi connectivity index (χ1v) is 10.7. The Morgan fingerprint density at radius 2 is 1.89 bits per heavy atom. The van der Waals surface area contributed by atoms with Crippen LogP contribution in [-0.4, -0.2) is 0 Å². The van der Waals surface area contributed by atoms with Crippen LogP contribution in [0.25, 0.3) is 0 Å². The summed E-state index contributed by atoms with van der Waals surface area (Å²) in [5.41, 5.74) is 9.27. The minimum absolute atomic E-state index is 0.280. The van der Waals surface area contributed by atoms with Crippen LogP contribution in [0.1, 0.15) is 58.9 Å². The summed E-state index contributed by atoms with van der Waals surface area (Å²) < 4.78 is 17.0. The summed E-state index contributed by atoms with van der Waals surface area (Å²) in [5.74, 6) is 0.605. The van der Waals surface area contributed by atoms with E-state index in [9.17, 15) is 4.39 Å². The highest BCUT2D eigenvalue weighted by Gasteiger charge is 2.11. The second kappa shape index (κ2) is 14.1. The van der Waals surface area contributed by atoms with Crippen molar-refractivity contribution in [3.63, 3.8) is 0 Å². The maximum absolute atomic E-state index is 13.9. The smallest absolute Gasteiger partial charge is 0.147 e. The molecule has 0 amide bonds. The van der Waals surface area contributed by atoms with Crippen LogP contribution in [0, 0.1) is 18.7 Å². The molecule has 0 heterocycles. The minimum atomic E-state index is -0.280. The van der Waals surface area contributed by atoms with E-state index in [1.54, 1.807) is 12.1 Å². The van der Waals surface area contributed by atoms with Gasteiger partial charge in [0.15, 0.2) is 0 Å². The van der Waals surface area contributed by atoms with Crippen molar-refractivity contribution < 1.29 is 4.39 Å². The molecule has 0 fully saturated rings. The van der Waals surface area contributed by atoms with E-state index in [0.29, 0.717) is 17.0 Å². The third-order valence-corrected chi connectivity index (χ3v) is 5.18. The highest BCUT2D eigenvalue weighted by Crippen LogP contribution is 2.32. The van der Waals surface area contributed by atoms with Crippen molar-refractivity contribution >= 4 is 17.6 Å². The van der Waals surface area contributed by atoms with E-state index in [0.717, 1.165) is 41.2 Å². The lowest BCUT2D eigenvalue weighted by atomic mass is 9.99. The molecule has 0 aliphatic rings. The van der Waals surface area contributed by atoms with Gasteiger partial charge < -0.3 is 10.5 Å². The zero-order chi connectivity index (χ0) is 21.7. The molecule has 4 heteroatoms. The van der Waals surface area contributed by atoms with Crippen molar-refractivity contribution in [2.75, 3.05) is 4.72 Å². The van der Waals surface area contributed by atoms with E-state index in [1.165, 1.54) is 24.4 Å². The summed E-state index contributed by atoms with van der Waals surface area (Å²) in [6.45, 7) is 22.3. The predicted octanol–water partition coefficient (Wildman–Crippen LogP) is 7.91. The second-order valence-corrected chi connectivity index (χ2v) is 7.99. The van der Waals surface area contributed by atoms with Gasteiger partial charge in [-0.1, -0.05) is 72.4 Å². The molecular weight excluding hydrogens is 367 g/mol. The Bertz CT molecular complexity index is 690. The normalized spacial score (nSPS) is 11.2. The highest BCUT2D eigenvalue weighted by molar-refractivity contribution is 8.04. The molecule has 0 radical (unpaired) electrons. The Hall–Kier alpha value is -1.94. The number of benzene rings is 1. The highest BCUT2D eigenvalue weighted by atomic mass is 32.2. The summed E-state index contributed by atoms with van der Waals surface area (Å²) in [6, 6.07) is 5.08. The second-order valence-electron chi connectivity index (χ2n) is 7.14. The Kier molecular flexibility index (Phi) is 13.1. The summed E-state index contributed by atoms with van der Waals surface area (Å²) in [5, 5.41) is 0. The van der Waals surface area contributed by atoms with E-state index >= 15 is 0 Å². The summed E-state index contributed by atoms with van der Waals surface area (Å²) in [4.78, 5) is 0.884. The molecule has 0 unspecified atom stereocenters. The van der Waals surface area contributed by atoms with Crippen molar-refractivity contribution in [3.05, 3.63) is 77.1 Å². The Morgan fingerprint density at radius 3 is 2.32 bits per heavy atom. The van der Waals surface area contributed by atoms with E-state index in [4.69, 9.17) is 5.73 Å². The SMILES string of the molecule is C=C/C(SNc1ccc(C)cc1F)=C(\CCCC)C(=C)C(=C)N.CCC(C)C. The Morgan fingerprint density at radius 1 is 1.29 bits per heavy atom. The Balaban J connectivity index is 0.00000129. The van der Waals surface area contributed by atoms with Gasteiger partial charge in [-0.05, 0) is 66.5 Å². The predicted molar refractivity (Wildman–Crippen MR) is 127 cm³/mol. The number of nitrogens with two attached hydrogens (primary N) is 1. The molecule has 1 aromatic carbocycles. The van der Waals surface area contributed by atoms with Crippen molar-refractivity contribution in [2.24, 2.45) is 11.7 Å². The lowest BCUT2D eigenvalue weighted by Crippen LogP contribution is -2.03. The zero-order valence-electron chi connectivity index (χ0n) is 18.2. The van der Waals surface area contributed by atoms with Gasteiger partial charge in [0, 0.05) is 10.6 Å². The van der Waals surface area contributed by atoms with Crippen LogP contribution >= 0.6 is 11.9 Å². The van der Waals surface area contributed by atoms with Gasteiger partial charge in [-0.2, -0.15) is 0 Å². The number of unbranched alkanes of at least 4 members (excludes halogenated alkanes) is 1. The van der Waals surface area contributed by atoms with Crippen LogP contribution < -0.4 is 10.5 Å². The Labute approximate surface area is 176 Å². The van der Waals surface area contributed by atoms with Gasteiger partial charge in [0.05, 0.1) is 5.69 Å². The molecular formula is C24H37FN2S. The topological polar surface area (TPSA) is 38.0 Å². The van der Waals surface area contributed by atoms with E-state index in [-0.39, 0.29) is 5.82 Å². The van der Waals surface area contributed by atoms with Crippen LogP contribution in [0.4, 0.5) is 10.1 Å². The summed E-state index contributed by atoms with van der Waals surface area (Å²) in [7, 11) is 0. The van der Waals surface area contributed by atoms with Gasteiger partial charge in [0.25, 0.3) is 0 Å². The molecule has 0 aliphatic carbocycles. The van der Waals surface area contributed by atoms with Gasteiger partial charge in [-0.3, -0.25) is 0 Å². The monoisotopic (exact) mass is 404 g/mol. The molecule has 0 spiro atoms. The first-order valence-electron chi connectivity index (χ1n) is 9.86. The molecule has 28 heavy (non-hydrogen) atoms. The maximum atomic E-state index is 13.9. The quantitative estimate of drug-likeness (QED) is 0.307. The number of hydrogen-bond acceptors (Lipinski definition) is 3.